The number of rotatable bonds is 6. The molecule has 0 unspecified atom stereocenters. The highest BCUT2D eigenvalue weighted by atomic mass is 16.6. The molecule has 0 spiro atoms. The molecule has 6 atom stereocenters. The number of carbonyl (C=O) groups is 1. The number of aromatic nitrogens is 2. The third-order valence-corrected chi connectivity index (χ3v) is 7.26. The Hall–Kier alpha value is -1.66. The lowest BCUT2D eigenvalue weighted by Crippen LogP contribution is -2.54. The van der Waals surface area contributed by atoms with Crippen LogP contribution in [0.5, 0.6) is 0 Å². The molecule has 0 aromatic carbocycles. The summed E-state index contributed by atoms with van der Waals surface area (Å²) in [5, 5.41) is 14.7. The van der Waals surface area contributed by atoms with Crippen LogP contribution in [0, 0.1) is 23.2 Å². The third-order valence-electron chi connectivity index (χ3n) is 7.26. The second kappa shape index (κ2) is 7.40. The van der Waals surface area contributed by atoms with Crippen molar-refractivity contribution in [2.75, 3.05) is 13.1 Å². The summed E-state index contributed by atoms with van der Waals surface area (Å²) >= 11 is 0. The molecular formula is C21H31N3O3. The number of aliphatic hydroxyl groups is 1. The summed E-state index contributed by atoms with van der Waals surface area (Å²) in [6, 6.07) is 0. The third kappa shape index (κ3) is 3.23. The number of carbonyl (C=O) groups excluding carboxylic acids is 1. The summed E-state index contributed by atoms with van der Waals surface area (Å²) in [6.07, 6.45) is 11.0. The lowest BCUT2D eigenvalue weighted by atomic mass is 9.55. The van der Waals surface area contributed by atoms with Crippen LogP contribution >= 0.6 is 0 Å². The van der Waals surface area contributed by atoms with Gasteiger partial charge in [0.15, 0.2) is 0 Å². The average Bonchev–Trinajstić information content (AvgIpc) is 3.26. The molecule has 2 N–H and O–H groups in total. The first-order valence-electron chi connectivity index (χ1n) is 10.3. The SMILES string of the molecule is C[C@H]1CCC=C2C[C@H]3OC(=O)[C@@H](CNCCCn4ccnc4)[C@H]3[C@H](O)[C@@]21C. The molecule has 4 rings (SSSR count). The Balaban J connectivity index is 1.38. The van der Waals surface area contributed by atoms with Crippen molar-refractivity contribution in [3.63, 3.8) is 0 Å². The molecule has 2 aliphatic carbocycles. The Labute approximate surface area is 161 Å². The monoisotopic (exact) mass is 373 g/mol. The van der Waals surface area contributed by atoms with Gasteiger partial charge in [-0.25, -0.2) is 4.98 Å². The summed E-state index contributed by atoms with van der Waals surface area (Å²) in [5.74, 6) is -0.0957. The van der Waals surface area contributed by atoms with Gasteiger partial charge >= 0.3 is 5.97 Å². The molecule has 0 bridgehead atoms. The number of ether oxygens (including phenoxy) is 1. The van der Waals surface area contributed by atoms with E-state index in [4.69, 9.17) is 4.74 Å². The molecule has 1 aliphatic heterocycles. The fourth-order valence-corrected chi connectivity index (χ4v) is 5.36. The van der Waals surface area contributed by atoms with Gasteiger partial charge in [-0.1, -0.05) is 25.5 Å². The zero-order valence-electron chi connectivity index (χ0n) is 16.3. The van der Waals surface area contributed by atoms with Gasteiger partial charge in [-0.15, -0.1) is 0 Å². The topological polar surface area (TPSA) is 76.4 Å². The zero-order valence-corrected chi connectivity index (χ0v) is 16.3. The normalized spacial score (nSPS) is 38.1. The molecule has 1 saturated carbocycles. The molecule has 3 aliphatic rings. The minimum Gasteiger partial charge on any atom is -0.461 e. The first kappa shape index (κ1) is 18.7. The van der Waals surface area contributed by atoms with E-state index in [1.54, 1.807) is 6.20 Å². The van der Waals surface area contributed by atoms with Crippen LogP contribution in [0.3, 0.4) is 0 Å². The van der Waals surface area contributed by atoms with Crippen LogP contribution in [0.4, 0.5) is 0 Å². The molecule has 1 aromatic rings. The van der Waals surface area contributed by atoms with Crippen molar-refractivity contribution >= 4 is 5.97 Å². The van der Waals surface area contributed by atoms with E-state index < -0.39 is 6.10 Å². The molecule has 27 heavy (non-hydrogen) atoms. The van der Waals surface area contributed by atoms with E-state index in [2.05, 4.69) is 30.2 Å². The van der Waals surface area contributed by atoms with E-state index in [1.165, 1.54) is 5.57 Å². The molecule has 148 valence electrons. The molecular weight excluding hydrogens is 342 g/mol. The fourth-order valence-electron chi connectivity index (χ4n) is 5.36. The highest BCUT2D eigenvalue weighted by Crippen LogP contribution is 2.55. The van der Waals surface area contributed by atoms with E-state index in [-0.39, 0.29) is 29.3 Å². The largest absolute Gasteiger partial charge is 0.461 e. The molecule has 6 nitrogen and oxygen atoms in total. The van der Waals surface area contributed by atoms with Crippen molar-refractivity contribution < 1.29 is 14.6 Å². The Morgan fingerprint density at radius 1 is 1.48 bits per heavy atom. The maximum absolute atomic E-state index is 12.5. The maximum atomic E-state index is 12.5. The second-order valence-electron chi connectivity index (χ2n) is 8.66. The van der Waals surface area contributed by atoms with Crippen LogP contribution < -0.4 is 5.32 Å². The van der Waals surface area contributed by atoms with Crippen molar-refractivity contribution in [3.05, 3.63) is 30.4 Å². The smallest absolute Gasteiger partial charge is 0.311 e. The molecule has 2 fully saturated rings. The van der Waals surface area contributed by atoms with E-state index in [9.17, 15) is 9.90 Å². The number of hydrogen-bond donors (Lipinski definition) is 2. The Morgan fingerprint density at radius 2 is 2.33 bits per heavy atom. The van der Waals surface area contributed by atoms with Crippen molar-refractivity contribution in [2.45, 2.75) is 58.3 Å². The van der Waals surface area contributed by atoms with Crippen molar-refractivity contribution in [1.82, 2.24) is 14.9 Å². The average molecular weight is 373 g/mol. The number of aliphatic hydroxyl groups excluding tert-OH is 1. The van der Waals surface area contributed by atoms with Gasteiger partial charge < -0.3 is 19.7 Å². The van der Waals surface area contributed by atoms with E-state index >= 15 is 0 Å². The fraction of sp³-hybridized carbons (Fsp3) is 0.714. The maximum Gasteiger partial charge on any atom is 0.311 e. The number of aryl methyl sites for hydroxylation is 1. The number of nitrogens with one attached hydrogen (secondary N) is 1. The Kier molecular flexibility index (Phi) is 5.12. The molecule has 6 heteroatoms. The van der Waals surface area contributed by atoms with Crippen molar-refractivity contribution in [3.8, 4) is 0 Å². The van der Waals surface area contributed by atoms with Gasteiger partial charge in [-0.2, -0.15) is 0 Å². The molecule has 1 saturated heterocycles. The number of allylic oxidation sites excluding steroid dienone is 1. The Bertz CT molecular complexity index is 702. The quantitative estimate of drug-likeness (QED) is 0.454. The molecule has 2 heterocycles. The van der Waals surface area contributed by atoms with Gasteiger partial charge in [0.05, 0.1) is 18.3 Å². The van der Waals surface area contributed by atoms with Crippen LogP contribution in [0.25, 0.3) is 0 Å². The van der Waals surface area contributed by atoms with Crippen LogP contribution in [0.1, 0.15) is 39.5 Å². The predicted molar refractivity (Wildman–Crippen MR) is 102 cm³/mol. The number of esters is 1. The van der Waals surface area contributed by atoms with Gasteiger partial charge in [-0.3, -0.25) is 4.79 Å². The summed E-state index contributed by atoms with van der Waals surface area (Å²) in [6.45, 7) is 6.72. The van der Waals surface area contributed by atoms with Gasteiger partial charge in [-0.05, 0) is 31.7 Å². The lowest BCUT2D eigenvalue weighted by Gasteiger charge is -2.51. The number of nitrogens with zero attached hydrogens (tertiary/aromatic N) is 2. The Morgan fingerprint density at radius 3 is 3.11 bits per heavy atom. The highest BCUT2D eigenvalue weighted by molar-refractivity contribution is 5.76. The van der Waals surface area contributed by atoms with Gasteiger partial charge in [0.25, 0.3) is 0 Å². The summed E-state index contributed by atoms with van der Waals surface area (Å²) < 4.78 is 7.75. The number of hydrogen-bond acceptors (Lipinski definition) is 5. The van der Waals surface area contributed by atoms with Gasteiger partial charge in [0.1, 0.15) is 6.10 Å². The van der Waals surface area contributed by atoms with Crippen LogP contribution in [0.15, 0.2) is 30.4 Å². The minimum atomic E-state index is -0.526. The van der Waals surface area contributed by atoms with E-state index in [0.717, 1.165) is 38.8 Å². The molecule has 0 radical (unpaired) electrons. The first-order chi connectivity index (χ1) is 13.0. The minimum absolute atomic E-state index is 0.110. The zero-order chi connectivity index (χ0) is 19.0. The predicted octanol–water partition coefficient (Wildman–Crippen LogP) is 2.15. The summed E-state index contributed by atoms with van der Waals surface area (Å²) in [7, 11) is 0. The van der Waals surface area contributed by atoms with Crippen molar-refractivity contribution in [2.24, 2.45) is 23.2 Å². The first-order valence-corrected chi connectivity index (χ1v) is 10.3. The highest BCUT2D eigenvalue weighted by Gasteiger charge is 2.59. The summed E-state index contributed by atoms with van der Waals surface area (Å²) in [4.78, 5) is 16.6. The van der Waals surface area contributed by atoms with Gasteiger partial charge in [0.2, 0.25) is 0 Å². The van der Waals surface area contributed by atoms with Gasteiger partial charge in [0, 0.05) is 43.2 Å². The van der Waals surface area contributed by atoms with E-state index in [0.29, 0.717) is 12.5 Å². The second-order valence-corrected chi connectivity index (χ2v) is 8.66. The van der Waals surface area contributed by atoms with Crippen LogP contribution in [-0.4, -0.2) is 45.9 Å². The molecule has 0 amide bonds. The van der Waals surface area contributed by atoms with Crippen LogP contribution in [0.2, 0.25) is 0 Å². The summed E-state index contributed by atoms with van der Waals surface area (Å²) in [5.41, 5.74) is 1.06. The standard InChI is InChI=1S/C21H31N3O3/c1-14-5-3-6-15-11-17-18(19(25)21(14,15)2)16(20(26)27-17)12-22-7-4-9-24-10-8-23-13-24/h6,8,10,13-14,16-19,22,25H,3-5,7,9,11-12H2,1-2H3/t14-,16-,17+,18+,19-,21+/m0/s1. The molecule has 1 aromatic heterocycles. The van der Waals surface area contributed by atoms with Crippen molar-refractivity contribution in [1.29, 1.82) is 0 Å². The van der Waals surface area contributed by atoms with E-state index in [1.807, 2.05) is 17.1 Å². The number of fused-ring (bicyclic) bond motifs is 2. The number of imidazole rings is 1. The van der Waals surface area contributed by atoms with Crippen LogP contribution in [-0.2, 0) is 16.1 Å². The lowest BCUT2D eigenvalue weighted by molar-refractivity contribution is -0.144.